The number of hydrogen-bond donors (Lipinski definition) is 2. The average Bonchev–Trinajstić information content (AvgIpc) is 2.75. The zero-order chi connectivity index (χ0) is 21.8. The summed E-state index contributed by atoms with van der Waals surface area (Å²) in [5.74, 6) is 2.11. The Balaban J connectivity index is 0.00000480. The minimum Gasteiger partial charge on any atom is -0.379 e. The van der Waals surface area contributed by atoms with Gasteiger partial charge in [0.15, 0.2) is 5.96 Å². The molecule has 7 nitrogen and oxygen atoms in total. The number of carbonyl (C=O) groups is 1. The third kappa shape index (κ3) is 10.9. The van der Waals surface area contributed by atoms with Crippen molar-refractivity contribution in [3.63, 3.8) is 0 Å². The number of likely N-dealkylation sites (N-methyl/N-ethyl adjacent to an activating group) is 1. The predicted molar refractivity (Wildman–Crippen MR) is 141 cm³/mol. The lowest BCUT2D eigenvalue weighted by Gasteiger charge is -2.37. The Morgan fingerprint density at radius 3 is 2.48 bits per heavy atom. The van der Waals surface area contributed by atoms with Crippen LogP contribution in [0.25, 0.3) is 0 Å². The van der Waals surface area contributed by atoms with E-state index >= 15 is 0 Å². The first-order chi connectivity index (χ1) is 14.5. The predicted octanol–water partition coefficient (Wildman–Crippen LogP) is 2.38. The Hall–Kier alpha value is -1.04. The average molecular weight is 564 g/mol. The molecule has 0 aromatic heterocycles. The second kappa shape index (κ2) is 15.7. The number of rotatable bonds is 10. The zero-order valence-electron chi connectivity index (χ0n) is 19.2. The highest BCUT2D eigenvalue weighted by Gasteiger charge is 2.24. The number of benzene rings is 1. The van der Waals surface area contributed by atoms with Gasteiger partial charge in [0.25, 0.3) is 0 Å². The number of nitrogens with zero attached hydrogens (tertiary/aromatic N) is 3. The van der Waals surface area contributed by atoms with E-state index in [1.165, 1.54) is 4.90 Å². The molecule has 1 aliphatic rings. The number of morpholine rings is 1. The number of aliphatic imine (C=N–C) groups is 1. The molecule has 2 rings (SSSR count). The standard InChI is InChI=1S/C22H37N5O2S.HI/c1-18(2)20(27-11-13-29-14-12-27)16-24-22(25-17-21(28)26(3)4)23-10-15-30-19-8-6-5-7-9-19;/h5-9,18,20H,10-17H2,1-4H3,(H2,23,24,25);1H. The zero-order valence-corrected chi connectivity index (χ0v) is 22.3. The summed E-state index contributed by atoms with van der Waals surface area (Å²) in [7, 11) is 3.50. The van der Waals surface area contributed by atoms with E-state index in [9.17, 15) is 4.79 Å². The SMILES string of the molecule is CC(C)C(CNC(=NCC(=O)N(C)C)NCCSc1ccccc1)N1CCOCC1.I. The van der Waals surface area contributed by atoms with Gasteiger partial charge in [0.2, 0.25) is 5.91 Å². The molecule has 1 aromatic rings. The highest BCUT2D eigenvalue weighted by molar-refractivity contribution is 14.0. The van der Waals surface area contributed by atoms with Crippen molar-refractivity contribution in [3.8, 4) is 0 Å². The fourth-order valence-corrected chi connectivity index (χ4v) is 4.00. The van der Waals surface area contributed by atoms with Crippen LogP contribution < -0.4 is 10.6 Å². The van der Waals surface area contributed by atoms with Crippen LogP contribution in [0.1, 0.15) is 13.8 Å². The number of halogens is 1. The third-order valence-electron chi connectivity index (χ3n) is 5.04. The summed E-state index contributed by atoms with van der Waals surface area (Å²) in [6, 6.07) is 10.7. The van der Waals surface area contributed by atoms with Crippen LogP contribution in [0.15, 0.2) is 40.2 Å². The molecule has 31 heavy (non-hydrogen) atoms. The molecule has 0 aliphatic carbocycles. The van der Waals surface area contributed by atoms with Gasteiger partial charge in [-0.05, 0) is 18.1 Å². The van der Waals surface area contributed by atoms with Gasteiger partial charge >= 0.3 is 0 Å². The fourth-order valence-electron chi connectivity index (χ4n) is 3.21. The molecular weight excluding hydrogens is 525 g/mol. The Morgan fingerprint density at radius 2 is 1.87 bits per heavy atom. The molecule has 0 bridgehead atoms. The fraction of sp³-hybridized carbons (Fsp3) is 0.636. The molecule has 0 spiro atoms. The Morgan fingerprint density at radius 1 is 1.19 bits per heavy atom. The van der Waals surface area contributed by atoms with Crippen molar-refractivity contribution in [3.05, 3.63) is 30.3 Å². The summed E-state index contributed by atoms with van der Waals surface area (Å²) in [4.78, 5) is 21.8. The first-order valence-corrected chi connectivity index (χ1v) is 11.7. The van der Waals surface area contributed by atoms with Gasteiger partial charge in [0.05, 0.1) is 13.2 Å². The van der Waals surface area contributed by atoms with Gasteiger partial charge in [-0.25, -0.2) is 4.99 Å². The van der Waals surface area contributed by atoms with Crippen LogP contribution in [0.4, 0.5) is 0 Å². The summed E-state index contributed by atoms with van der Waals surface area (Å²) in [5.41, 5.74) is 0. The normalized spacial score (nSPS) is 15.8. The molecule has 1 aliphatic heterocycles. The number of carbonyl (C=O) groups excluding carboxylic acids is 1. The summed E-state index contributed by atoms with van der Waals surface area (Å²) in [6.45, 7) is 9.67. The third-order valence-corrected chi connectivity index (χ3v) is 6.05. The summed E-state index contributed by atoms with van der Waals surface area (Å²) in [5, 5.41) is 6.85. The van der Waals surface area contributed by atoms with Crippen molar-refractivity contribution >= 4 is 47.6 Å². The smallest absolute Gasteiger partial charge is 0.243 e. The van der Waals surface area contributed by atoms with Crippen LogP contribution in [0.2, 0.25) is 0 Å². The summed E-state index contributed by atoms with van der Waals surface area (Å²) >= 11 is 1.80. The van der Waals surface area contributed by atoms with E-state index < -0.39 is 0 Å². The van der Waals surface area contributed by atoms with Crippen molar-refractivity contribution in [2.75, 3.05) is 65.8 Å². The molecule has 1 saturated heterocycles. The monoisotopic (exact) mass is 563 g/mol. The number of hydrogen-bond acceptors (Lipinski definition) is 5. The van der Waals surface area contributed by atoms with Crippen molar-refractivity contribution in [1.82, 2.24) is 20.4 Å². The number of nitrogens with one attached hydrogen (secondary N) is 2. The lowest BCUT2D eigenvalue weighted by molar-refractivity contribution is -0.127. The van der Waals surface area contributed by atoms with E-state index in [-0.39, 0.29) is 36.4 Å². The maximum absolute atomic E-state index is 12.0. The maximum Gasteiger partial charge on any atom is 0.243 e. The van der Waals surface area contributed by atoms with E-state index in [1.807, 2.05) is 6.07 Å². The highest BCUT2D eigenvalue weighted by Crippen LogP contribution is 2.15. The number of guanidine groups is 1. The Kier molecular flexibility index (Phi) is 14.2. The van der Waals surface area contributed by atoms with Crippen molar-refractivity contribution in [2.45, 2.75) is 24.8 Å². The molecular formula is C22H38IN5O2S. The molecule has 0 radical (unpaired) electrons. The molecule has 1 atom stereocenters. The van der Waals surface area contributed by atoms with Gasteiger partial charge in [-0.2, -0.15) is 0 Å². The highest BCUT2D eigenvalue weighted by atomic mass is 127. The number of amides is 1. The van der Waals surface area contributed by atoms with Crippen LogP contribution in [0.5, 0.6) is 0 Å². The molecule has 9 heteroatoms. The number of ether oxygens (including phenoxy) is 1. The molecule has 1 fully saturated rings. The lowest BCUT2D eigenvalue weighted by atomic mass is 10.0. The Labute approximate surface area is 208 Å². The number of thioether (sulfide) groups is 1. The lowest BCUT2D eigenvalue weighted by Crippen LogP contribution is -2.52. The molecule has 1 unspecified atom stereocenters. The van der Waals surface area contributed by atoms with Crippen LogP contribution in [-0.4, -0.2) is 93.5 Å². The second-order valence-corrected chi connectivity index (χ2v) is 9.05. The van der Waals surface area contributed by atoms with Gasteiger partial charge in [0, 0.05) is 57.0 Å². The quantitative estimate of drug-likeness (QED) is 0.150. The van der Waals surface area contributed by atoms with Crippen LogP contribution >= 0.6 is 35.7 Å². The van der Waals surface area contributed by atoms with E-state index in [0.717, 1.165) is 45.1 Å². The molecule has 1 heterocycles. The summed E-state index contributed by atoms with van der Waals surface area (Å²) < 4.78 is 5.50. The van der Waals surface area contributed by atoms with Crippen LogP contribution in [-0.2, 0) is 9.53 Å². The van der Waals surface area contributed by atoms with Crippen LogP contribution in [0.3, 0.4) is 0 Å². The summed E-state index contributed by atoms with van der Waals surface area (Å²) in [6.07, 6.45) is 0. The van der Waals surface area contributed by atoms with Gasteiger partial charge in [-0.3, -0.25) is 9.69 Å². The van der Waals surface area contributed by atoms with E-state index in [0.29, 0.717) is 17.9 Å². The second-order valence-electron chi connectivity index (χ2n) is 7.88. The topological polar surface area (TPSA) is 69.2 Å². The molecule has 0 saturated carbocycles. The molecule has 2 N–H and O–H groups in total. The first-order valence-electron chi connectivity index (χ1n) is 10.7. The minimum atomic E-state index is -0.0108. The molecule has 1 aromatic carbocycles. The van der Waals surface area contributed by atoms with Gasteiger partial charge in [-0.15, -0.1) is 35.7 Å². The Bertz CT molecular complexity index is 655. The largest absolute Gasteiger partial charge is 0.379 e. The van der Waals surface area contributed by atoms with Crippen molar-refractivity contribution in [2.24, 2.45) is 10.9 Å². The van der Waals surface area contributed by atoms with Gasteiger partial charge in [0.1, 0.15) is 6.54 Å². The van der Waals surface area contributed by atoms with E-state index in [2.05, 4.69) is 58.6 Å². The van der Waals surface area contributed by atoms with E-state index in [4.69, 9.17) is 4.74 Å². The van der Waals surface area contributed by atoms with Crippen LogP contribution in [0, 0.1) is 5.92 Å². The van der Waals surface area contributed by atoms with Gasteiger partial charge < -0.3 is 20.3 Å². The maximum atomic E-state index is 12.0. The minimum absolute atomic E-state index is 0. The van der Waals surface area contributed by atoms with Gasteiger partial charge in [-0.1, -0.05) is 32.0 Å². The molecule has 176 valence electrons. The van der Waals surface area contributed by atoms with Crippen molar-refractivity contribution in [1.29, 1.82) is 0 Å². The van der Waals surface area contributed by atoms with Crippen molar-refractivity contribution < 1.29 is 9.53 Å². The first kappa shape index (κ1) is 28.0. The van der Waals surface area contributed by atoms with E-state index in [1.54, 1.807) is 30.8 Å². The molecule has 1 amide bonds.